The van der Waals surface area contributed by atoms with Gasteiger partial charge in [-0.15, -0.1) is 0 Å². The summed E-state index contributed by atoms with van der Waals surface area (Å²) >= 11 is 0. The third-order valence-corrected chi connectivity index (χ3v) is 6.08. The molecule has 0 aromatic carbocycles. The van der Waals surface area contributed by atoms with Crippen LogP contribution in [0.5, 0.6) is 0 Å². The first-order chi connectivity index (χ1) is 7.67. The van der Waals surface area contributed by atoms with Gasteiger partial charge >= 0.3 is 5.97 Å². The molecule has 0 bridgehead atoms. The molecule has 4 nitrogen and oxygen atoms in total. The van der Waals surface area contributed by atoms with E-state index in [1.165, 1.54) is 0 Å². The molecule has 1 saturated heterocycles. The quantitative estimate of drug-likeness (QED) is 0.820. The fraction of sp³-hybridized carbons (Fsp3) is 0.917. The molecule has 0 spiro atoms. The molecule has 1 N–H and O–H groups in total. The first kappa shape index (κ1) is 12.9. The van der Waals surface area contributed by atoms with Crippen LogP contribution in [0.4, 0.5) is 0 Å². The third kappa shape index (κ3) is 2.21. The van der Waals surface area contributed by atoms with Gasteiger partial charge in [-0.25, -0.2) is 8.42 Å². The fourth-order valence-corrected chi connectivity index (χ4v) is 5.60. The van der Waals surface area contributed by atoms with Crippen LogP contribution in [0, 0.1) is 16.7 Å². The van der Waals surface area contributed by atoms with Gasteiger partial charge in [0.25, 0.3) is 0 Å². The Kier molecular flexibility index (Phi) is 2.80. The minimum Gasteiger partial charge on any atom is -0.481 e. The molecule has 17 heavy (non-hydrogen) atoms. The summed E-state index contributed by atoms with van der Waals surface area (Å²) in [5.74, 6) is -0.705. The van der Waals surface area contributed by atoms with Crippen LogP contribution in [0.25, 0.3) is 0 Å². The van der Waals surface area contributed by atoms with Gasteiger partial charge in [-0.1, -0.05) is 13.8 Å². The number of rotatable bonds is 2. The van der Waals surface area contributed by atoms with Crippen molar-refractivity contribution >= 4 is 15.8 Å². The summed E-state index contributed by atoms with van der Waals surface area (Å²) in [7, 11) is -3.03. The SMILES string of the molecule is CC1(C)CC(C(=O)O)(C2CCCS(=O)(=O)C2)C1. The minimum absolute atomic E-state index is 0.0413. The number of hydrogen-bond donors (Lipinski definition) is 1. The van der Waals surface area contributed by atoms with Crippen LogP contribution in [0.15, 0.2) is 0 Å². The number of carboxylic acids is 1. The molecule has 1 aliphatic carbocycles. The van der Waals surface area contributed by atoms with Gasteiger partial charge in [-0.2, -0.15) is 0 Å². The van der Waals surface area contributed by atoms with Crippen LogP contribution >= 0.6 is 0 Å². The molecule has 1 saturated carbocycles. The van der Waals surface area contributed by atoms with Crippen LogP contribution < -0.4 is 0 Å². The summed E-state index contributed by atoms with van der Waals surface area (Å²) in [6.07, 6.45) is 2.56. The van der Waals surface area contributed by atoms with E-state index in [9.17, 15) is 18.3 Å². The Hall–Kier alpha value is -0.580. The molecular weight excluding hydrogens is 240 g/mol. The van der Waals surface area contributed by atoms with Gasteiger partial charge < -0.3 is 5.11 Å². The van der Waals surface area contributed by atoms with Crippen molar-refractivity contribution in [1.82, 2.24) is 0 Å². The maximum absolute atomic E-state index is 11.6. The van der Waals surface area contributed by atoms with Crippen molar-refractivity contribution in [3.63, 3.8) is 0 Å². The molecule has 0 radical (unpaired) electrons. The second kappa shape index (κ2) is 3.70. The van der Waals surface area contributed by atoms with Crippen molar-refractivity contribution in [2.45, 2.75) is 39.5 Å². The highest BCUT2D eigenvalue weighted by Crippen LogP contribution is 2.59. The van der Waals surface area contributed by atoms with E-state index in [0.717, 1.165) is 6.42 Å². The van der Waals surface area contributed by atoms with E-state index < -0.39 is 21.2 Å². The standard InChI is InChI=1S/C12H20O4S/c1-11(2)7-12(8-11,10(13)14)9-4-3-5-17(15,16)6-9/h9H,3-8H2,1-2H3,(H,13,14). The Morgan fingerprint density at radius 1 is 1.29 bits per heavy atom. The smallest absolute Gasteiger partial charge is 0.309 e. The van der Waals surface area contributed by atoms with E-state index in [4.69, 9.17) is 0 Å². The molecule has 0 aromatic rings. The first-order valence-electron chi connectivity index (χ1n) is 6.11. The molecule has 1 heterocycles. The predicted octanol–water partition coefficient (Wildman–Crippen LogP) is 1.70. The lowest BCUT2D eigenvalue weighted by molar-refractivity contribution is -0.171. The zero-order valence-electron chi connectivity index (χ0n) is 10.4. The molecule has 2 rings (SSSR count). The molecule has 0 amide bonds. The second-order valence-corrected chi connectivity index (χ2v) is 8.66. The molecule has 98 valence electrons. The lowest BCUT2D eigenvalue weighted by Gasteiger charge is -2.54. The van der Waals surface area contributed by atoms with Gasteiger partial charge in [-0.05, 0) is 37.0 Å². The second-order valence-electron chi connectivity index (χ2n) is 6.43. The molecule has 0 aromatic heterocycles. The highest BCUT2D eigenvalue weighted by molar-refractivity contribution is 7.91. The Morgan fingerprint density at radius 3 is 2.29 bits per heavy atom. The number of carbonyl (C=O) groups is 1. The topological polar surface area (TPSA) is 71.4 Å². The summed E-state index contributed by atoms with van der Waals surface area (Å²) in [6, 6.07) is 0. The van der Waals surface area contributed by atoms with Crippen molar-refractivity contribution in [1.29, 1.82) is 0 Å². The Morgan fingerprint density at radius 2 is 1.88 bits per heavy atom. The van der Waals surface area contributed by atoms with Crippen molar-refractivity contribution in [2.24, 2.45) is 16.7 Å². The van der Waals surface area contributed by atoms with Gasteiger partial charge in [0.05, 0.1) is 16.9 Å². The van der Waals surface area contributed by atoms with Crippen LogP contribution in [-0.4, -0.2) is 31.0 Å². The van der Waals surface area contributed by atoms with Crippen LogP contribution in [0.3, 0.4) is 0 Å². The first-order valence-corrected chi connectivity index (χ1v) is 7.93. The average molecular weight is 260 g/mol. The maximum Gasteiger partial charge on any atom is 0.309 e. The van der Waals surface area contributed by atoms with Crippen molar-refractivity contribution in [3.8, 4) is 0 Å². The number of carboxylic acid groups (broad SMARTS) is 1. The zero-order chi connectivity index (χ0) is 12.9. The molecule has 2 fully saturated rings. The van der Waals surface area contributed by atoms with Crippen LogP contribution in [0.2, 0.25) is 0 Å². The normalized spacial score (nSPS) is 33.6. The highest BCUT2D eigenvalue weighted by atomic mass is 32.2. The van der Waals surface area contributed by atoms with Gasteiger partial charge in [-0.3, -0.25) is 4.79 Å². The fourth-order valence-electron chi connectivity index (χ4n) is 3.73. The van der Waals surface area contributed by atoms with Gasteiger partial charge in [0, 0.05) is 0 Å². The average Bonchev–Trinajstić information content (AvgIpc) is 2.11. The van der Waals surface area contributed by atoms with E-state index in [1.54, 1.807) is 0 Å². The maximum atomic E-state index is 11.6. The van der Waals surface area contributed by atoms with E-state index in [1.807, 2.05) is 13.8 Å². The Labute approximate surface area is 102 Å². The summed E-state index contributed by atoms with van der Waals surface area (Å²) in [4.78, 5) is 11.5. The molecule has 1 aliphatic heterocycles. The molecule has 1 unspecified atom stereocenters. The van der Waals surface area contributed by atoms with Gasteiger partial charge in [0.2, 0.25) is 0 Å². The third-order valence-electron chi connectivity index (χ3n) is 4.26. The van der Waals surface area contributed by atoms with Crippen molar-refractivity contribution in [3.05, 3.63) is 0 Å². The van der Waals surface area contributed by atoms with E-state index in [-0.39, 0.29) is 22.8 Å². The van der Waals surface area contributed by atoms with E-state index in [0.29, 0.717) is 19.3 Å². The highest BCUT2D eigenvalue weighted by Gasteiger charge is 2.59. The molecule has 1 atom stereocenters. The molecule has 2 aliphatic rings. The Balaban J connectivity index is 2.22. The minimum atomic E-state index is -3.03. The molecule has 5 heteroatoms. The summed E-state index contributed by atoms with van der Waals surface area (Å²) in [5, 5.41) is 9.44. The van der Waals surface area contributed by atoms with E-state index >= 15 is 0 Å². The van der Waals surface area contributed by atoms with Crippen LogP contribution in [-0.2, 0) is 14.6 Å². The predicted molar refractivity (Wildman–Crippen MR) is 64.5 cm³/mol. The van der Waals surface area contributed by atoms with Gasteiger partial charge in [0.1, 0.15) is 0 Å². The summed E-state index contributed by atoms with van der Waals surface area (Å²) in [6.45, 7) is 4.09. The number of aliphatic carboxylic acids is 1. The Bertz CT molecular complexity index is 427. The van der Waals surface area contributed by atoms with Gasteiger partial charge in [0.15, 0.2) is 9.84 Å². The van der Waals surface area contributed by atoms with Crippen LogP contribution in [0.1, 0.15) is 39.5 Å². The zero-order valence-corrected chi connectivity index (χ0v) is 11.2. The van der Waals surface area contributed by atoms with Crippen molar-refractivity contribution in [2.75, 3.05) is 11.5 Å². The largest absolute Gasteiger partial charge is 0.481 e. The van der Waals surface area contributed by atoms with E-state index in [2.05, 4.69) is 0 Å². The summed E-state index contributed by atoms with van der Waals surface area (Å²) in [5.41, 5.74) is -0.739. The van der Waals surface area contributed by atoms with Crippen molar-refractivity contribution < 1.29 is 18.3 Å². The summed E-state index contributed by atoms with van der Waals surface area (Å²) < 4.78 is 23.3. The number of hydrogen-bond acceptors (Lipinski definition) is 3. The monoisotopic (exact) mass is 260 g/mol. The molecular formula is C12H20O4S. The lowest BCUT2D eigenvalue weighted by atomic mass is 9.49. The number of sulfone groups is 1. The lowest BCUT2D eigenvalue weighted by Crippen LogP contribution is -2.55.